The number of amides is 1. The van der Waals surface area contributed by atoms with E-state index in [1.165, 1.54) is 5.56 Å². The molecule has 0 unspecified atom stereocenters. The van der Waals surface area contributed by atoms with Gasteiger partial charge in [-0.15, -0.1) is 0 Å². The van der Waals surface area contributed by atoms with E-state index in [1.807, 2.05) is 24.3 Å². The molecular weight excluding hydrogens is 266 g/mol. The molecule has 0 bridgehead atoms. The van der Waals surface area contributed by atoms with Gasteiger partial charge < -0.3 is 5.32 Å². The Morgan fingerprint density at radius 3 is 2.69 bits per heavy atom. The first kappa shape index (κ1) is 13.2. The lowest BCUT2D eigenvalue weighted by molar-refractivity contribution is -0.121. The van der Waals surface area contributed by atoms with Crippen molar-refractivity contribution in [1.29, 1.82) is 0 Å². The fourth-order valence-electron chi connectivity index (χ4n) is 1.36. The summed E-state index contributed by atoms with van der Waals surface area (Å²) in [5.41, 5.74) is 1.18. The summed E-state index contributed by atoms with van der Waals surface area (Å²) in [4.78, 5) is 11.5. The molecular formula is C13H18BrNO. The summed E-state index contributed by atoms with van der Waals surface area (Å²) in [6.45, 7) is 4.94. The van der Waals surface area contributed by atoms with Crippen molar-refractivity contribution in [3.05, 3.63) is 34.3 Å². The van der Waals surface area contributed by atoms with Crippen LogP contribution in [0.25, 0.3) is 0 Å². The van der Waals surface area contributed by atoms with E-state index in [-0.39, 0.29) is 5.91 Å². The quantitative estimate of drug-likeness (QED) is 0.884. The number of carbonyl (C=O) groups is 1. The monoisotopic (exact) mass is 283 g/mol. The van der Waals surface area contributed by atoms with Crippen LogP contribution in [0.2, 0.25) is 0 Å². The fraction of sp³-hybridized carbons (Fsp3) is 0.462. The SMILES string of the molecule is CC(C)CNC(=O)CCc1ccccc1Br. The molecule has 1 aromatic carbocycles. The molecule has 16 heavy (non-hydrogen) atoms. The van der Waals surface area contributed by atoms with Crippen LogP contribution in [0.4, 0.5) is 0 Å². The number of carbonyl (C=O) groups excluding carboxylic acids is 1. The van der Waals surface area contributed by atoms with Crippen LogP contribution in [0.3, 0.4) is 0 Å². The van der Waals surface area contributed by atoms with E-state index in [0.717, 1.165) is 17.4 Å². The predicted molar refractivity (Wildman–Crippen MR) is 70.3 cm³/mol. The zero-order valence-corrected chi connectivity index (χ0v) is 11.4. The molecule has 0 spiro atoms. The Morgan fingerprint density at radius 1 is 1.38 bits per heavy atom. The number of benzene rings is 1. The maximum Gasteiger partial charge on any atom is 0.220 e. The van der Waals surface area contributed by atoms with Crippen molar-refractivity contribution in [2.75, 3.05) is 6.54 Å². The maximum absolute atomic E-state index is 11.5. The second-order valence-electron chi connectivity index (χ2n) is 4.29. The molecule has 0 fully saturated rings. The molecule has 0 saturated carbocycles. The minimum atomic E-state index is 0.129. The van der Waals surface area contributed by atoms with E-state index in [4.69, 9.17) is 0 Å². The number of hydrogen-bond acceptors (Lipinski definition) is 1. The van der Waals surface area contributed by atoms with E-state index in [2.05, 4.69) is 35.1 Å². The molecule has 88 valence electrons. The van der Waals surface area contributed by atoms with Gasteiger partial charge >= 0.3 is 0 Å². The second kappa shape index (κ2) is 6.69. The molecule has 0 saturated heterocycles. The molecule has 0 aliphatic rings. The van der Waals surface area contributed by atoms with E-state index in [1.54, 1.807) is 0 Å². The molecule has 1 amide bonds. The lowest BCUT2D eigenvalue weighted by atomic mass is 10.1. The van der Waals surface area contributed by atoms with Crippen LogP contribution >= 0.6 is 15.9 Å². The zero-order valence-electron chi connectivity index (χ0n) is 9.79. The number of hydrogen-bond donors (Lipinski definition) is 1. The minimum absolute atomic E-state index is 0.129. The van der Waals surface area contributed by atoms with Crippen molar-refractivity contribution in [3.63, 3.8) is 0 Å². The second-order valence-corrected chi connectivity index (χ2v) is 5.14. The molecule has 1 N–H and O–H groups in total. The minimum Gasteiger partial charge on any atom is -0.356 e. The van der Waals surface area contributed by atoms with Crippen LogP contribution < -0.4 is 5.32 Å². The summed E-state index contributed by atoms with van der Waals surface area (Å²) in [6, 6.07) is 8.01. The molecule has 0 radical (unpaired) electrons. The Morgan fingerprint density at radius 2 is 2.06 bits per heavy atom. The normalized spacial score (nSPS) is 10.5. The Balaban J connectivity index is 2.35. The van der Waals surface area contributed by atoms with Crippen LogP contribution in [0, 0.1) is 5.92 Å². The highest BCUT2D eigenvalue weighted by Gasteiger charge is 2.04. The first-order valence-corrected chi connectivity index (χ1v) is 6.39. The number of aryl methyl sites for hydroxylation is 1. The molecule has 0 aliphatic heterocycles. The Labute approximate surface area is 106 Å². The molecule has 1 rings (SSSR count). The van der Waals surface area contributed by atoms with E-state index in [9.17, 15) is 4.79 Å². The van der Waals surface area contributed by atoms with Gasteiger partial charge in [-0.3, -0.25) is 4.79 Å². The van der Waals surface area contributed by atoms with Crippen LogP contribution in [0.5, 0.6) is 0 Å². The molecule has 0 atom stereocenters. The number of nitrogens with one attached hydrogen (secondary N) is 1. The van der Waals surface area contributed by atoms with Crippen molar-refractivity contribution in [2.45, 2.75) is 26.7 Å². The smallest absolute Gasteiger partial charge is 0.220 e. The van der Waals surface area contributed by atoms with Gasteiger partial charge in [-0.25, -0.2) is 0 Å². The zero-order chi connectivity index (χ0) is 12.0. The van der Waals surface area contributed by atoms with Crippen LogP contribution in [0.1, 0.15) is 25.8 Å². The average molecular weight is 284 g/mol. The van der Waals surface area contributed by atoms with Crippen LogP contribution in [0.15, 0.2) is 28.7 Å². The highest BCUT2D eigenvalue weighted by molar-refractivity contribution is 9.10. The third-order valence-corrected chi connectivity index (χ3v) is 3.06. The van der Waals surface area contributed by atoms with E-state index < -0.39 is 0 Å². The van der Waals surface area contributed by atoms with Gasteiger partial charge in [-0.1, -0.05) is 48.0 Å². The Bertz CT molecular complexity index is 350. The maximum atomic E-state index is 11.5. The van der Waals surface area contributed by atoms with Crippen LogP contribution in [-0.4, -0.2) is 12.5 Å². The van der Waals surface area contributed by atoms with Gasteiger partial charge in [-0.2, -0.15) is 0 Å². The van der Waals surface area contributed by atoms with Crippen molar-refractivity contribution in [1.82, 2.24) is 5.32 Å². The molecule has 2 nitrogen and oxygen atoms in total. The Kier molecular flexibility index (Phi) is 5.53. The van der Waals surface area contributed by atoms with Gasteiger partial charge in [0.05, 0.1) is 0 Å². The molecule has 0 aromatic heterocycles. The summed E-state index contributed by atoms with van der Waals surface area (Å²) in [6.07, 6.45) is 1.33. The summed E-state index contributed by atoms with van der Waals surface area (Å²) in [5, 5.41) is 2.92. The lowest BCUT2D eigenvalue weighted by Gasteiger charge is -2.08. The topological polar surface area (TPSA) is 29.1 Å². The van der Waals surface area contributed by atoms with Gasteiger partial charge in [0, 0.05) is 17.4 Å². The highest BCUT2D eigenvalue weighted by Crippen LogP contribution is 2.17. The lowest BCUT2D eigenvalue weighted by Crippen LogP contribution is -2.27. The molecule has 0 heterocycles. The number of rotatable bonds is 5. The highest BCUT2D eigenvalue weighted by atomic mass is 79.9. The number of halogens is 1. The largest absolute Gasteiger partial charge is 0.356 e. The summed E-state index contributed by atoms with van der Waals surface area (Å²) < 4.78 is 1.08. The van der Waals surface area contributed by atoms with Gasteiger partial charge in [0.1, 0.15) is 0 Å². The van der Waals surface area contributed by atoms with Crippen molar-refractivity contribution in [3.8, 4) is 0 Å². The molecule has 0 aliphatic carbocycles. The standard InChI is InChI=1S/C13H18BrNO/c1-10(2)9-15-13(16)8-7-11-5-3-4-6-12(11)14/h3-6,10H,7-9H2,1-2H3,(H,15,16). The molecule has 3 heteroatoms. The van der Waals surface area contributed by atoms with E-state index >= 15 is 0 Å². The van der Waals surface area contributed by atoms with Gasteiger partial charge in [0.25, 0.3) is 0 Å². The first-order valence-electron chi connectivity index (χ1n) is 5.59. The van der Waals surface area contributed by atoms with Gasteiger partial charge in [0.2, 0.25) is 5.91 Å². The molecule has 1 aromatic rings. The fourth-order valence-corrected chi connectivity index (χ4v) is 1.84. The summed E-state index contributed by atoms with van der Waals surface area (Å²) >= 11 is 3.48. The van der Waals surface area contributed by atoms with E-state index in [0.29, 0.717) is 12.3 Å². The average Bonchev–Trinajstić information content (AvgIpc) is 2.25. The predicted octanol–water partition coefficient (Wildman–Crippen LogP) is 3.15. The van der Waals surface area contributed by atoms with Gasteiger partial charge in [-0.05, 0) is 24.0 Å². The third-order valence-electron chi connectivity index (χ3n) is 2.29. The first-order chi connectivity index (χ1) is 7.59. The van der Waals surface area contributed by atoms with Crippen molar-refractivity contribution in [2.24, 2.45) is 5.92 Å². The van der Waals surface area contributed by atoms with Crippen molar-refractivity contribution >= 4 is 21.8 Å². The summed E-state index contributed by atoms with van der Waals surface area (Å²) in [7, 11) is 0. The Hall–Kier alpha value is -0.830. The third kappa shape index (κ3) is 4.79. The van der Waals surface area contributed by atoms with Crippen LogP contribution in [-0.2, 0) is 11.2 Å². The summed E-state index contributed by atoms with van der Waals surface area (Å²) in [5.74, 6) is 0.636. The van der Waals surface area contributed by atoms with Crippen molar-refractivity contribution < 1.29 is 4.79 Å². The van der Waals surface area contributed by atoms with Gasteiger partial charge in [0.15, 0.2) is 0 Å².